The highest BCUT2D eigenvalue weighted by molar-refractivity contribution is 6.89. The number of carboxylic acid groups (broad SMARTS) is 1. The smallest absolute Gasteiger partial charge is 0.335 e. The zero-order valence-electron chi connectivity index (χ0n) is 14.8. The SMILES string of the molecule is [2H]C(C)(C)c1cc(-c2ccc(C(=O)O)cc2)ncc1[Si](C)(C)C. The van der Waals surface area contributed by atoms with Crippen molar-refractivity contribution in [3.8, 4) is 11.3 Å². The molecule has 3 nitrogen and oxygen atoms in total. The second-order valence-electron chi connectivity index (χ2n) is 6.75. The maximum Gasteiger partial charge on any atom is 0.335 e. The topological polar surface area (TPSA) is 50.2 Å². The number of aromatic carboxylic acids is 1. The number of benzene rings is 1. The summed E-state index contributed by atoms with van der Waals surface area (Å²) in [5.74, 6) is -1.64. The van der Waals surface area contributed by atoms with E-state index >= 15 is 0 Å². The van der Waals surface area contributed by atoms with Crippen molar-refractivity contribution in [3.63, 3.8) is 0 Å². The van der Waals surface area contributed by atoms with Crippen LogP contribution in [0.5, 0.6) is 0 Å². The molecular weight excluding hydrogens is 290 g/mol. The van der Waals surface area contributed by atoms with Gasteiger partial charge in [0.1, 0.15) is 0 Å². The van der Waals surface area contributed by atoms with Gasteiger partial charge >= 0.3 is 5.97 Å². The van der Waals surface area contributed by atoms with E-state index in [0.717, 1.165) is 16.8 Å². The molecule has 0 aliphatic heterocycles. The minimum Gasteiger partial charge on any atom is -0.478 e. The van der Waals surface area contributed by atoms with Crippen LogP contribution in [0.2, 0.25) is 19.6 Å². The first-order valence-electron chi connectivity index (χ1n) is 7.85. The van der Waals surface area contributed by atoms with E-state index in [1.165, 1.54) is 5.19 Å². The summed E-state index contributed by atoms with van der Waals surface area (Å²) in [6.07, 6.45) is 1.90. The van der Waals surface area contributed by atoms with E-state index in [0.29, 0.717) is 0 Å². The van der Waals surface area contributed by atoms with Crippen LogP contribution in [0.4, 0.5) is 0 Å². The van der Waals surface area contributed by atoms with E-state index in [4.69, 9.17) is 6.48 Å². The van der Waals surface area contributed by atoms with E-state index in [9.17, 15) is 4.79 Å². The molecule has 0 bridgehead atoms. The molecule has 0 aliphatic rings. The molecule has 0 radical (unpaired) electrons. The van der Waals surface area contributed by atoms with Gasteiger partial charge in [0.05, 0.1) is 19.3 Å². The van der Waals surface area contributed by atoms with Crippen LogP contribution in [0.15, 0.2) is 36.5 Å². The number of nitrogens with zero attached hydrogens (tertiary/aromatic N) is 1. The van der Waals surface area contributed by atoms with Crippen molar-refractivity contribution in [1.82, 2.24) is 4.98 Å². The average Bonchev–Trinajstić information content (AvgIpc) is 2.45. The minimum absolute atomic E-state index is 0.258. The van der Waals surface area contributed by atoms with Crippen LogP contribution in [-0.2, 0) is 0 Å². The number of pyridine rings is 1. The van der Waals surface area contributed by atoms with Gasteiger partial charge in [-0.1, -0.05) is 45.6 Å². The van der Waals surface area contributed by atoms with Gasteiger partial charge in [-0.3, -0.25) is 4.98 Å². The number of carbonyl (C=O) groups is 1. The summed E-state index contributed by atoms with van der Waals surface area (Å²) in [5.41, 5.74) is 2.90. The Kier molecular flexibility index (Phi) is 4.11. The third-order valence-electron chi connectivity index (χ3n) is 3.68. The van der Waals surface area contributed by atoms with Gasteiger partial charge in [-0.2, -0.15) is 0 Å². The zero-order valence-corrected chi connectivity index (χ0v) is 14.8. The quantitative estimate of drug-likeness (QED) is 0.864. The van der Waals surface area contributed by atoms with Crippen molar-refractivity contribution in [2.45, 2.75) is 39.4 Å². The van der Waals surface area contributed by atoms with Gasteiger partial charge in [0, 0.05) is 13.1 Å². The second kappa shape index (κ2) is 6.05. The van der Waals surface area contributed by atoms with Crippen LogP contribution in [0.25, 0.3) is 11.3 Å². The first-order chi connectivity index (χ1) is 10.5. The molecule has 0 amide bonds. The van der Waals surface area contributed by atoms with Crippen molar-refractivity contribution in [1.29, 1.82) is 0 Å². The Morgan fingerprint density at radius 3 is 2.27 bits per heavy atom. The summed E-state index contributed by atoms with van der Waals surface area (Å²) in [7, 11) is -1.60. The lowest BCUT2D eigenvalue weighted by Gasteiger charge is -2.23. The number of carboxylic acids is 1. The van der Waals surface area contributed by atoms with Gasteiger partial charge in [-0.05, 0) is 34.8 Å². The van der Waals surface area contributed by atoms with Crippen LogP contribution >= 0.6 is 0 Å². The van der Waals surface area contributed by atoms with Crippen LogP contribution in [0.3, 0.4) is 0 Å². The number of hydrogen-bond acceptors (Lipinski definition) is 2. The molecule has 0 saturated carbocycles. The molecule has 0 saturated heterocycles. The Hall–Kier alpha value is -1.94. The van der Waals surface area contributed by atoms with Gasteiger partial charge in [0.2, 0.25) is 0 Å². The lowest BCUT2D eigenvalue weighted by atomic mass is 10.0. The molecule has 116 valence electrons. The first-order valence-corrected chi connectivity index (χ1v) is 10.8. The summed E-state index contributed by atoms with van der Waals surface area (Å²) in [6, 6.07) is 8.67. The molecular formula is C18H23NO2Si. The largest absolute Gasteiger partial charge is 0.478 e. The standard InChI is InChI=1S/C18H23NO2Si/c1-12(2)15-10-16(19-11-17(15)22(3,4)5)13-6-8-14(9-7-13)18(20)21/h6-12H,1-5H3,(H,20,21)/i12D. The average molecular weight is 314 g/mol. The molecule has 1 heterocycles. The minimum atomic E-state index is -1.60. The number of aromatic nitrogens is 1. The van der Waals surface area contributed by atoms with Gasteiger partial charge in [-0.15, -0.1) is 0 Å². The highest BCUT2D eigenvalue weighted by Crippen LogP contribution is 2.23. The Balaban J connectivity index is 2.55. The summed E-state index contributed by atoms with van der Waals surface area (Å²) in [5, 5.41) is 10.2. The Morgan fingerprint density at radius 1 is 1.23 bits per heavy atom. The highest BCUT2D eigenvalue weighted by Gasteiger charge is 2.22. The lowest BCUT2D eigenvalue weighted by Crippen LogP contribution is -2.40. The number of rotatable bonds is 4. The Labute approximate surface area is 134 Å². The molecule has 1 aromatic heterocycles. The summed E-state index contributed by atoms with van der Waals surface area (Å²) in [4.78, 5) is 15.5. The van der Waals surface area contributed by atoms with Crippen molar-refractivity contribution < 1.29 is 11.3 Å². The van der Waals surface area contributed by atoms with Crippen molar-refractivity contribution in [2.24, 2.45) is 0 Å². The van der Waals surface area contributed by atoms with Gasteiger partial charge in [0.15, 0.2) is 0 Å². The predicted octanol–water partition coefficient (Wildman–Crippen LogP) is 4.12. The monoisotopic (exact) mass is 314 g/mol. The van der Waals surface area contributed by atoms with Crippen molar-refractivity contribution in [3.05, 3.63) is 47.7 Å². The van der Waals surface area contributed by atoms with E-state index in [-0.39, 0.29) is 5.56 Å². The molecule has 2 rings (SSSR count). The molecule has 22 heavy (non-hydrogen) atoms. The van der Waals surface area contributed by atoms with Crippen LogP contribution in [-0.4, -0.2) is 24.1 Å². The molecule has 0 spiro atoms. The summed E-state index contributed by atoms with van der Waals surface area (Å²) in [6.45, 7) is 10.5. The zero-order chi connectivity index (χ0) is 17.4. The van der Waals surface area contributed by atoms with E-state index < -0.39 is 19.9 Å². The first kappa shape index (κ1) is 15.0. The molecule has 1 aromatic carbocycles. The fourth-order valence-electron chi connectivity index (χ4n) is 2.41. The van der Waals surface area contributed by atoms with Crippen LogP contribution in [0, 0.1) is 0 Å². The summed E-state index contributed by atoms with van der Waals surface area (Å²) < 4.78 is 8.46. The lowest BCUT2D eigenvalue weighted by molar-refractivity contribution is 0.0697. The van der Waals surface area contributed by atoms with Gasteiger partial charge in [0.25, 0.3) is 0 Å². The Morgan fingerprint density at radius 2 is 1.82 bits per heavy atom. The second-order valence-corrected chi connectivity index (χ2v) is 11.8. The summed E-state index contributed by atoms with van der Waals surface area (Å²) >= 11 is 0. The molecule has 0 unspecified atom stereocenters. The fourth-order valence-corrected chi connectivity index (χ4v) is 3.99. The van der Waals surface area contributed by atoms with Crippen LogP contribution < -0.4 is 5.19 Å². The van der Waals surface area contributed by atoms with E-state index in [2.05, 4.69) is 24.6 Å². The van der Waals surface area contributed by atoms with Crippen molar-refractivity contribution in [2.75, 3.05) is 0 Å². The third kappa shape index (κ3) is 3.44. The molecule has 1 N–H and O–H groups in total. The number of hydrogen-bond donors (Lipinski definition) is 1. The maximum absolute atomic E-state index is 11.0. The molecule has 2 aromatic rings. The van der Waals surface area contributed by atoms with Crippen molar-refractivity contribution >= 4 is 19.2 Å². The normalized spacial score (nSPS) is 12.9. The van der Waals surface area contributed by atoms with Gasteiger partial charge in [-0.25, -0.2) is 4.79 Å². The van der Waals surface area contributed by atoms with E-state index in [1.54, 1.807) is 24.3 Å². The molecule has 0 fully saturated rings. The van der Waals surface area contributed by atoms with E-state index in [1.807, 2.05) is 26.1 Å². The molecule has 4 heteroatoms. The fraction of sp³-hybridized carbons (Fsp3) is 0.333. The third-order valence-corrected chi connectivity index (χ3v) is 5.69. The highest BCUT2D eigenvalue weighted by atomic mass is 28.3. The molecule has 0 atom stereocenters. The maximum atomic E-state index is 11.0. The Bertz CT molecular complexity index is 728. The molecule has 0 aliphatic carbocycles. The van der Waals surface area contributed by atoms with Crippen LogP contribution in [0.1, 0.15) is 37.0 Å². The van der Waals surface area contributed by atoms with Gasteiger partial charge < -0.3 is 5.11 Å². The predicted molar refractivity (Wildman–Crippen MR) is 93.7 cm³/mol.